The van der Waals surface area contributed by atoms with Crippen LogP contribution in [-0.2, 0) is 11.3 Å². The van der Waals surface area contributed by atoms with Crippen molar-refractivity contribution in [1.29, 1.82) is 0 Å². The van der Waals surface area contributed by atoms with Crippen LogP contribution in [0.1, 0.15) is 49.7 Å². The van der Waals surface area contributed by atoms with Gasteiger partial charge in [-0.05, 0) is 77.7 Å². The Balaban J connectivity index is 0.00000225. The third-order valence-electron chi connectivity index (χ3n) is 6.29. The van der Waals surface area contributed by atoms with Crippen molar-refractivity contribution in [2.45, 2.75) is 51.1 Å². The summed E-state index contributed by atoms with van der Waals surface area (Å²) in [5.41, 5.74) is 2.13. The average molecular weight is 423 g/mol. The molecule has 0 radical (unpaired) electrons. The highest BCUT2D eigenvalue weighted by Gasteiger charge is 2.57. The van der Waals surface area contributed by atoms with Crippen molar-refractivity contribution >= 4 is 29.7 Å². The summed E-state index contributed by atoms with van der Waals surface area (Å²) in [6.07, 6.45) is 3.76. The van der Waals surface area contributed by atoms with Gasteiger partial charge < -0.3 is 10.2 Å². The smallest absolute Gasteiger partial charge is 0.223 e. The van der Waals surface area contributed by atoms with Crippen LogP contribution in [0.15, 0.2) is 41.1 Å². The molecule has 6 heteroatoms. The lowest BCUT2D eigenvalue weighted by molar-refractivity contribution is -0.133. The molecule has 1 spiro atoms. The van der Waals surface area contributed by atoms with Gasteiger partial charge in [-0.15, -0.1) is 12.4 Å². The van der Waals surface area contributed by atoms with Crippen LogP contribution >= 0.6 is 23.7 Å². The Morgan fingerprint density at radius 2 is 2.07 bits per heavy atom. The Morgan fingerprint density at radius 3 is 2.75 bits per heavy atom. The number of thiophene rings is 1. The molecule has 2 unspecified atom stereocenters. The second kappa shape index (κ2) is 8.93. The largest absolute Gasteiger partial charge is 0.335 e. The predicted molar refractivity (Wildman–Crippen MR) is 114 cm³/mol. The van der Waals surface area contributed by atoms with Crippen LogP contribution in [0.2, 0.25) is 0 Å². The summed E-state index contributed by atoms with van der Waals surface area (Å²) in [6.45, 7) is 4.71. The molecule has 1 aliphatic heterocycles. The number of rotatable bonds is 6. The Kier molecular flexibility index (Phi) is 6.79. The van der Waals surface area contributed by atoms with Crippen LogP contribution in [0.5, 0.6) is 0 Å². The maximum atomic E-state index is 14.1. The fourth-order valence-electron chi connectivity index (χ4n) is 4.54. The summed E-state index contributed by atoms with van der Waals surface area (Å²) >= 11 is 1.67. The number of nitrogens with zero attached hydrogens (tertiary/aromatic N) is 1. The molecule has 4 rings (SSSR count). The molecule has 2 atom stereocenters. The molecule has 1 N–H and O–H groups in total. The van der Waals surface area contributed by atoms with Gasteiger partial charge in [0, 0.05) is 19.0 Å². The Morgan fingerprint density at radius 1 is 1.32 bits per heavy atom. The first-order valence-corrected chi connectivity index (χ1v) is 10.8. The molecule has 1 aromatic carbocycles. The van der Waals surface area contributed by atoms with Crippen molar-refractivity contribution < 1.29 is 9.18 Å². The number of benzene rings is 1. The maximum absolute atomic E-state index is 14.1. The van der Waals surface area contributed by atoms with Crippen molar-refractivity contribution in [3.8, 4) is 0 Å². The van der Waals surface area contributed by atoms with Crippen molar-refractivity contribution in [2.24, 2.45) is 5.41 Å². The normalized spacial score (nSPS) is 21.0. The minimum absolute atomic E-state index is 0. The van der Waals surface area contributed by atoms with E-state index in [0.29, 0.717) is 30.0 Å². The van der Waals surface area contributed by atoms with Crippen LogP contribution in [0.3, 0.4) is 0 Å². The molecule has 0 bridgehead atoms. The number of hydrogen-bond acceptors (Lipinski definition) is 3. The molecule has 2 aromatic rings. The lowest BCUT2D eigenvalue weighted by Crippen LogP contribution is -2.39. The molecule has 1 aromatic heterocycles. The van der Waals surface area contributed by atoms with E-state index in [9.17, 15) is 9.18 Å². The lowest BCUT2D eigenvalue weighted by atomic mass is 9.93. The van der Waals surface area contributed by atoms with Gasteiger partial charge in [0.1, 0.15) is 5.82 Å². The van der Waals surface area contributed by atoms with E-state index >= 15 is 0 Å². The van der Waals surface area contributed by atoms with E-state index in [1.54, 1.807) is 23.5 Å². The van der Waals surface area contributed by atoms with E-state index in [1.807, 2.05) is 13.0 Å². The van der Waals surface area contributed by atoms with Crippen molar-refractivity contribution in [2.75, 3.05) is 13.1 Å². The van der Waals surface area contributed by atoms with Crippen molar-refractivity contribution in [1.82, 2.24) is 10.2 Å². The molecule has 2 heterocycles. The standard InChI is InChI=1S/C22H27FN2OS.ClH/c1-16(18-4-2-3-5-19(18)23)12-21(26)25(14-17-6-11-27-15-17)20-13-22(20)7-9-24-10-8-22;/h2-6,11,15-16,20,24H,7-10,12-14H2,1H3;1H. The number of halogens is 2. The molecule has 152 valence electrons. The summed E-state index contributed by atoms with van der Waals surface area (Å²) in [6, 6.07) is 9.24. The molecule has 2 aliphatic rings. The third kappa shape index (κ3) is 4.42. The van der Waals surface area contributed by atoms with Gasteiger partial charge in [0.05, 0.1) is 0 Å². The minimum atomic E-state index is -0.219. The second-order valence-corrected chi connectivity index (χ2v) is 8.89. The van der Waals surface area contributed by atoms with Gasteiger partial charge in [-0.1, -0.05) is 25.1 Å². The van der Waals surface area contributed by atoms with Gasteiger partial charge in [0.2, 0.25) is 5.91 Å². The molecular weight excluding hydrogens is 395 g/mol. The fraction of sp³-hybridized carbons (Fsp3) is 0.500. The molecule has 3 nitrogen and oxygen atoms in total. The molecule has 28 heavy (non-hydrogen) atoms. The van der Waals surface area contributed by atoms with Gasteiger partial charge in [-0.25, -0.2) is 4.39 Å². The van der Waals surface area contributed by atoms with Crippen molar-refractivity contribution in [3.63, 3.8) is 0 Å². The number of nitrogens with one attached hydrogen (secondary N) is 1. The summed E-state index contributed by atoms with van der Waals surface area (Å²) < 4.78 is 14.1. The summed E-state index contributed by atoms with van der Waals surface area (Å²) in [5, 5.41) is 7.62. The first-order chi connectivity index (χ1) is 13.1. The van der Waals surface area contributed by atoms with Gasteiger partial charge in [-0.2, -0.15) is 11.3 Å². The highest BCUT2D eigenvalue weighted by Crippen LogP contribution is 2.56. The first kappa shape index (κ1) is 21.3. The van der Waals surface area contributed by atoms with Gasteiger partial charge in [0.15, 0.2) is 0 Å². The average Bonchev–Trinajstić information content (AvgIpc) is 3.10. The van der Waals surface area contributed by atoms with Gasteiger partial charge >= 0.3 is 0 Å². The number of carbonyl (C=O) groups is 1. The lowest BCUT2D eigenvalue weighted by Gasteiger charge is -2.30. The molecule has 2 fully saturated rings. The number of carbonyl (C=O) groups excluding carboxylic acids is 1. The first-order valence-electron chi connectivity index (χ1n) is 9.85. The molecule has 1 aliphatic carbocycles. The van der Waals surface area contributed by atoms with E-state index in [-0.39, 0.29) is 30.0 Å². The Bertz CT molecular complexity index is 792. The van der Waals surface area contributed by atoms with E-state index in [1.165, 1.54) is 11.6 Å². The maximum Gasteiger partial charge on any atom is 0.223 e. The zero-order valence-electron chi connectivity index (χ0n) is 16.2. The van der Waals surface area contributed by atoms with Gasteiger partial charge in [0.25, 0.3) is 0 Å². The molecule has 1 saturated carbocycles. The van der Waals surface area contributed by atoms with Crippen LogP contribution in [-0.4, -0.2) is 29.9 Å². The van der Waals surface area contributed by atoms with Crippen LogP contribution < -0.4 is 5.32 Å². The Labute approximate surface area is 176 Å². The van der Waals surface area contributed by atoms with Gasteiger partial charge in [-0.3, -0.25) is 4.79 Å². The molecule has 1 amide bonds. The fourth-order valence-corrected chi connectivity index (χ4v) is 5.20. The molecular formula is C22H28ClFN2OS. The Hall–Kier alpha value is -1.43. The van der Waals surface area contributed by atoms with E-state index < -0.39 is 0 Å². The predicted octanol–water partition coefficient (Wildman–Crippen LogP) is 4.97. The van der Waals surface area contributed by atoms with Crippen LogP contribution in [0.25, 0.3) is 0 Å². The molecule has 1 saturated heterocycles. The quantitative estimate of drug-likeness (QED) is 0.712. The van der Waals surface area contributed by atoms with E-state index in [0.717, 1.165) is 32.4 Å². The van der Waals surface area contributed by atoms with Crippen LogP contribution in [0.4, 0.5) is 4.39 Å². The topological polar surface area (TPSA) is 32.3 Å². The zero-order valence-corrected chi connectivity index (χ0v) is 17.8. The number of piperidine rings is 1. The van der Waals surface area contributed by atoms with Crippen molar-refractivity contribution in [3.05, 3.63) is 58.0 Å². The number of hydrogen-bond donors (Lipinski definition) is 1. The summed E-state index contributed by atoms with van der Waals surface area (Å²) in [4.78, 5) is 15.4. The SMILES string of the molecule is CC(CC(=O)N(Cc1ccsc1)C1CC12CCNCC2)c1ccccc1F.Cl. The van der Waals surface area contributed by atoms with E-state index in [2.05, 4.69) is 27.0 Å². The van der Waals surface area contributed by atoms with Crippen LogP contribution in [0, 0.1) is 11.2 Å². The summed E-state index contributed by atoms with van der Waals surface area (Å²) in [7, 11) is 0. The highest BCUT2D eigenvalue weighted by atomic mass is 35.5. The zero-order chi connectivity index (χ0) is 18.9. The number of amides is 1. The summed E-state index contributed by atoms with van der Waals surface area (Å²) in [5.74, 6) is -0.188. The second-order valence-electron chi connectivity index (χ2n) is 8.11. The third-order valence-corrected chi connectivity index (χ3v) is 7.02. The highest BCUT2D eigenvalue weighted by molar-refractivity contribution is 7.07. The minimum Gasteiger partial charge on any atom is -0.335 e. The van der Waals surface area contributed by atoms with E-state index in [4.69, 9.17) is 0 Å². The monoisotopic (exact) mass is 422 g/mol.